The van der Waals surface area contributed by atoms with Crippen LogP contribution in [-0.2, 0) is 0 Å². The number of rotatable bonds is 10. The molecule has 0 N–H and O–H groups in total. The molecule has 0 fully saturated rings. The van der Waals surface area contributed by atoms with Gasteiger partial charge in [0.05, 0.1) is 11.0 Å². The summed E-state index contributed by atoms with van der Waals surface area (Å²) >= 11 is 1.81. The van der Waals surface area contributed by atoms with Crippen LogP contribution in [0.2, 0.25) is 0 Å². The molecule has 4 nitrogen and oxygen atoms in total. The van der Waals surface area contributed by atoms with Crippen molar-refractivity contribution in [2.24, 2.45) is 0 Å². The molecule has 0 unspecified atom stereocenters. The second kappa shape index (κ2) is 18.6. The lowest BCUT2D eigenvalue weighted by atomic mass is 10.1. The minimum absolute atomic E-state index is 0.568. The Hall–Kier alpha value is -9.33. The Balaban J connectivity index is 1.05. The summed E-state index contributed by atoms with van der Waals surface area (Å²) in [5.41, 5.74) is 11.0. The zero-order valence-electron chi connectivity index (χ0n) is 40.8. The number of para-hydroxylation sites is 2. The Kier molecular flexibility index (Phi) is 11.0. The summed E-state index contributed by atoms with van der Waals surface area (Å²) in [6, 6.07) is 102. The van der Waals surface area contributed by atoms with E-state index in [0.29, 0.717) is 17.6 Å². The van der Waals surface area contributed by atoms with E-state index in [1.54, 1.807) is 0 Å². The molecular weight excluding hydrogens is 945 g/mol. The van der Waals surface area contributed by atoms with Crippen LogP contribution >= 0.6 is 11.3 Å². The molecule has 11 aromatic carbocycles. The minimum Gasteiger partial charge on any atom is -0.278 e. The van der Waals surface area contributed by atoms with Crippen molar-refractivity contribution in [1.29, 1.82) is 0 Å². The van der Waals surface area contributed by atoms with Crippen LogP contribution < -0.4 is 20.7 Å². The van der Waals surface area contributed by atoms with Crippen molar-refractivity contribution < 1.29 is 0 Å². The molecule has 0 saturated heterocycles. The Morgan fingerprint density at radius 2 is 0.640 bits per heavy atom. The van der Waals surface area contributed by atoms with Crippen molar-refractivity contribution in [3.8, 4) is 62.1 Å². The van der Waals surface area contributed by atoms with Gasteiger partial charge in [0.25, 0.3) is 0 Å². The SMILES string of the molecule is c1ccc(-c2cccc([Si](c3cccc(-c4ccccc4)c3)(c3cccc(-c4ccccc4)c3)c3cccc(-c4nc(-c5ccc6sc7ccccc7c6c5)nc(-n5c6ccccc6c6ccccc65)n4)c3)c2)cc1. The molecule has 3 aromatic heterocycles. The highest BCUT2D eigenvalue weighted by molar-refractivity contribution is 7.25. The third kappa shape index (κ3) is 7.78. The predicted molar refractivity (Wildman–Crippen MR) is 318 cm³/mol. The molecule has 0 aliphatic heterocycles. The monoisotopic (exact) mass is 990 g/mol. The second-order valence-corrected chi connectivity index (χ2v) is 24.0. The predicted octanol–water partition coefficient (Wildman–Crippen LogP) is 15.0. The van der Waals surface area contributed by atoms with Gasteiger partial charge in [0.15, 0.2) is 19.7 Å². The molecule has 0 bridgehead atoms. The van der Waals surface area contributed by atoms with Gasteiger partial charge in [-0.05, 0) is 90.5 Å². The fourth-order valence-corrected chi connectivity index (χ4v) is 17.3. The Labute approximate surface area is 440 Å². The molecule has 352 valence electrons. The molecule has 3 heterocycles. The number of aromatic nitrogens is 4. The summed E-state index contributed by atoms with van der Waals surface area (Å²) < 4.78 is 4.70. The standard InChI is InChI=1S/C69H46N4SSi/c1-4-20-47(21-5-1)50-26-16-30-55(42-50)75(56-31-17-27-51(43-56)48-22-6-2-7-23-48,57-32-18-28-52(44-57)49-24-8-3-9-25-49)58-33-19-29-53(45-58)67-70-68(54-40-41-66-62(46-54)61-36-12-15-39-65(61)74-66)72-69(71-67)73-63-37-13-10-34-59(63)60-35-11-14-38-64(60)73/h1-46H. The summed E-state index contributed by atoms with van der Waals surface area (Å²) in [7, 11) is -3.30. The van der Waals surface area contributed by atoms with Crippen LogP contribution in [0.15, 0.2) is 279 Å². The highest BCUT2D eigenvalue weighted by atomic mass is 32.1. The molecule has 75 heavy (non-hydrogen) atoms. The van der Waals surface area contributed by atoms with E-state index < -0.39 is 8.07 Å². The highest BCUT2D eigenvalue weighted by Gasteiger charge is 2.42. The van der Waals surface area contributed by atoms with Crippen LogP contribution in [0.5, 0.6) is 0 Å². The quantitative estimate of drug-likeness (QED) is 0.101. The van der Waals surface area contributed by atoms with Crippen LogP contribution in [0.1, 0.15) is 0 Å². The van der Waals surface area contributed by atoms with E-state index in [1.807, 2.05) is 11.3 Å². The van der Waals surface area contributed by atoms with Crippen LogP contribution in [-0.4, -0.2) is 27.6 Å². The zero-order chi connectivity index (χ0) is 49.7. The number of benzene rings is 11. The van der Waals surface area contributed by atoms with Crippen molar-refractivity contribution in [1.82, 2.24) is 19.5 Å². The fourth-order valence-electron chi connectivity index (χ4n) is 11.3. The van der Waals surface area contributed by atoms with Crippen molar-refractivity contribution in [2.75, 3.05) is 0 Å². The molecule has 0 saturated carbocycles. The Morgan fingerprint density at radius 1 is 0.267 bits per heavy atom. The first-order valence-electron chi connectivity index (χ1n) is 25.4. The molecule has 0 aliphatic carbocycles. The van der Waals surface area contributed by atoms with Crippen LogP contribution in [0.4, 0.5) is 0 Å². The summed E-state index contributed by atoms with van der Waals surface area (Å²) in [6.07, 6.45) is 0. The van der Waals surface area contributed by atoms with Gasteiger partial charge in [-0.1, -0.05) is 243 Å². The number of thiophene rings is 1. The van der Waals surface area contributed by atoms with Gasteiger partial charge in [-0.25, -0.2) is 4.98 Å². The number of nitrogens with zero attached hydrogens (tertiary/aromatic N) is 4. The minimum atomic E-state index is -3.30. The third-order valence-electron chi connectivity index (χ3n) is 14.8. The number of hydrogen-bond donors (Lipinski definition) is 0. The molecule has 0 atom stereocenters. The van der Waals surface area contributed by atoms with Gasteiger partial charge in [0.1, 0.15) is 0 Å². The third-order valence-corrected chi connectivity index (χ3v) is 20.7. The number of hydrogen-bond acceptors (Lipinski definition) is 4. The average Bonchev–Trinajstić information content (AvgIpc) is 4.05. The van der Waals surface area contributed by atoms with Crippen molar-refractivity contribution >= 4 is 82.1 Å². The normalized spacial score (nSPS) is 11.7. The van der Waals surface area contributed by atoms with Crippen molar-refractivity contribution in [2.45, 2.75) is 0 Å². The molecule has 0 radical (unpaired) electrons. The zero-order valence-corrected chi connectivity index (χ0v) is 42.6. The van der Waals surface area contributed by atoms with Gasteiger partial charge in [-0.15, -0.1) is 11.3 Å². The lowest BCUT2D eigenvalue weighted by Crippen LogP contribution is -2.74. The van der Waals surface area contributed by atoms with E-state index >= 15 is 0 Å². The van der Waals surface area contributed by atoms with Crippen molar-refractivity contribution in [3.63, 3.8) is 0 Å². The summed E-state index contributed by atoms with van der Waals surface area (Å²) in [5.74, 6) is 1.79. The molecule has 6 heteroatoms. The Morgan fingerprint density at radius 3 is 1.13 bits per heavy atom. The van der Waals surface area contributed by atoms with Crippen LogP contribution in [0.3, 0.4) is 0 Å². The van der Waals surface area contributed by atoms with E-state index in [-0.39, 0.29) is 0 Å². The van der Waals surface area contributed by atoms with Gasteiger partial charge in [0, 0.05) is 42.1 Å². The number of fused-ring (bicyclic) bond motifs is 6. The second-order valence-electron chi connectivity index (χ2n) is 19.1. The van der Waals surface area contributed by atoms with E-state index in [0.717, 1.165) is 32.9 Å². The first-order chi connectivity index (χ1) is 37.2. The maximum atomic E-state index is 5.54. The molecule has 0 amide bonds. The average molecular weight is 991 g/mol. The van der Waals surface area contributed by atoms with Crippen molar-refractivity contribution in [3.05, 3.63) is 279 Å². The molecule has 14 rings (SSSR count). The summed E-state index contributed by atoms with van der Waals surface area (Å²) in [5, 5.41) is 9.75. The molecule has 0 aliphatic rings. The van der Waals surface area contributed by atoms with Gasteiger partial charge in [-0.2, -0.15) is 9.97 Å². The van der Waals surface area contributed by atoms with E-state index in [4.69, 9.17) is 15.0 Å². The fraction of sp³-hybridized carbons (Fsp3) is 0. The summed E-state index contributed by atoms with van der Waals surface area (Å²) in [4.78, 5) is 16.5. The largest absolute Gasteiger partial charge is 0.278 e. The highest BCUT2D eigenvalue weighted by Crippen LogP contribution is 2.37. The smallest absolute Gasteiger partial charge is 0.238 e. The Bertz CT molecular complexity index is 4180. The lowest BCUT2D eigenvalue weighted by molar-refractivity contribution is 0.954. The van der Waals surface area contributed by atoms with Gasteiger partial charge in [-0.3, -0.25) is 4.57 Å². The van der Waals surface area contributed by atoms with E-state index in [1.165, 1.54) is 74.3 Å². The van der Waals surface area contributed by atoms with Gasteiger partial charge in [0.2, 0.25) is 5.95 Å². The summed E-state index contributed by atoms with van der Waals surface area (Å²) in [6.45, 7) is 0. The van der Waals surface area contributed by atoms with Gasteiger partial charge < -0.3 is 0 Å². The molecule has 0 spiro atoms. The van der Waals surface area contributed by atoms with Crippen LogP contribution in [0, 0.1) is 0 Å². The van der Waals surface area contributed by atoms with E-state index in [9.17, 15) is 0 Å². The molecule has 14 aromatic rings. The maximum Gasteiger partial charge on any atom is 0.238 e. The molecular formula is C69H46N4SSi. The first kappa shape index (κ1) is 44.4. The topological polar surface area (TPSA) is 43.6 Å². The van der Waals surface area contributed by atoms with Gasteiger partial charge >= 0.3 is 0 Å². The maximum absolute atomic E-state index is 5.54. The van der Waals surface area contributed by atoms with E-state index in [2.05, 4.69) is 284 Å². The first-order valence-corrected chi connectivity index (χ1v) is 28.2. The lowest BCUT2D eigenvalue weighted by Gasteiger charge is -2.35. The van der Waals surface area contributed by atoms with Crippen LogP contribution in [0.25, 0.3) is 104 Å².